The zero-order chi connectivity index (χ0) is 14.1. The Balaban J connectivity index is 3.15. The Hall–Kier alpha value is -0.920. The normalized spacial score (nSPS) is 12.4. The number of carboxylic acids is 1. The quantitative estimate of drug-likeness (QED) is 0.880. The lowest BCUT2D eigenvalue weighted by atomic mass is 10.1. The molecular formula is C11H14BrNO4S. The molecule has 0 aromatic heterocycles. The van der Waals surface area contributed by atoms with Crippen molar-refractivity contribution < 1.29 is 18.3 Å². The van der Waals surface area contributed by atoms with Gasteiger partial charge in [0.2, 0.25) is 10.0 Å². The molecule has 0 spiro atoms. The second-order valence-corrected chi connectivity index (χ2v) is 6.98. The Morgan fingerprint density at radius 1 is 1.39 bits per heavy atom. The molecule has 0 aliphatic carbocycles. The van der Waals surface area contributed by atoms with Gasteiger partial charge in [0.25, 0.3) is 0 Å². The third-order valence-electron chi connectivity index (χ3n) is 2.36. The van der Waals surface area contributed by atoms with Crippen molar-refractivity contribution in [3.05, 3.63) is 28.2 Å². The van der Waals surface area contributed by atoms with Gasteiger partial charge in [0.1, 0.15) is 5.54 Å². The van der Waals surface area contributed by atoms with Crippen LogP contribution >= 0.6 is 15.9 Å². The summed E-state index contributed by atoms with van der Waals surface area (Å²) in [7, 11) is -3.85. The van der Waals surface area contributed by atoms with Crippen molar-refractivity contribution in [2.45, 2.75) is 31.2 Å². The number of carboxylic acid groups (broad SMARTS) is 1. The zero-order valence-electron chi connectivity index (χ0n) is 10.2. The molecule has 1 aromatic rings. The lowest BCUT2D eigenvalue weighted by Crippen LogP contribution is -2.49. The SMILES string of the molecule is Cc1cc(S(=O)(=O)NC(C)(C)C(=O)O)ccc1Br. The molecule has 0 fully saturated rings. The predicted molar refractivity (Wildman–Crippen MR) is 70.9 cm³/mol. The second-order valence-electron chi connectivity index (χ2n) is 4.45. The first-order chi connectivity index (χ1) is 8.06. The van der Waals surface area contributed by atoms with Gasteiger partial charge in [-0.3, -0.25) is 4.79 Å². The smallest absolute Gasteiger partial charge is 0.324 e. The molecule has 5 nitrogen and oxygen atoms in total. The molecule has 0 unspecified atom stereocenters. The Bertz CT molecular complexity index is 581. The van der Waals surface area contributed by atoms with E-state index in [9.17, 15) is 13.2 Å². The van der Waals surface area contributed by atoms with E-state index in [0.717, 1.165) is 10.0 Å². The van der Waals surface area contributed by atoms with E-state index in [4.69, 9.17) is 5.11 Å². The monoisotopic (exact) mass is 335 g/mol. The fourth-order valence-corrected chi connectivity index (χ4v) is 2.93. The lowest BCUT2D eigenvalue weighted by molar-refractivity contribution is -0.142. The second kappa shape index (κ2) is 4.99. The van der Waals surface area contributed by atoms with Crippen LogP contribution in [0.4, 0.5) is 0 Å². The van der Waals surface area contributed by atoms with Crippen LogP contribution in [0.25, 0.3) is 0 Å². The standard InChI is InChI=1S/C11H14BrNO4S/c1-7-6-8(4-5-9(7)12)18(16,17)13-11(2,3)10(14)15/h4-6,13H,1-3H3,(H,14,15). The van der Waals surface area contributed by atoms with Crippen LogP contribution in [0.5, 0.6) is 0 Å². The van der Waals surface area contributed by atoms with Gasteiger partial charge in [-0.1, -0.05) is 15.9 Å². The van der Waals surface area contributed by atoms with Crippen LogP contribution in [0, 0.1) is 6.92 Å². The number of rotatable bonds is 4. The maximum absolute atomic E-state index is 12.0. The van der Waals surface area contributed by atoms with Crippen molar-refractivity contribution in [3.8, 4) is 0 Å². The van der Waals surface area contributed by atoms with Crippen molar-refractivity contribution in [2.24, 2.45) is 0 Å². The number of carbonyl (C=O) groups is 1. The van der Waals surface area contributed by atoms with E-state index < -0.39 is 21.5 Å². The summed E-state index contributed by atoms with van der Waals surface area (Å²) in [4.78, 5) is 11.0. The molecule has 18 heavy (non-hydrogen) atoms. The fourth-order valence-electron chi connectivity index (χ4n) is 1.22. The van der Waals surface area contributed by atoms with Crippen molar-refractivity contribution in [1.29, 1.82) is 0 Å². The highest BCUT2D eigenvalue weighted by Crippen LogP contribution is 2.21. The predicted octanol–water partition coefficient (Wildman–Crippen LogP) is 1.90. The molecule has 0 atom stereocenters. The molecule has 0 radical (unpaired) electrons. The average Bonchev–Trinajstić information content (AvgIpc) is 2.20. The molecular weight excluding hydrogens is 322 g/mol. The highest BCUT2D eigenvalue weighted by atomic mass is 79.9. The lowest BCUT2D eigenvalue weighted by Gasteiger charge is -2.21. The first-order valence-electron chi connectivity index (χ1n) is 5.10. The van der Waals surface area contributed by atoms with Crippen LogP contribution in [0.1, 0.15) is 19.4 Å². The Kier molecular flexibility index (Phi) is 4.19. The summed E-state index contributed by atoms with van der Waals surface area (Å²) in [6, 6.07) is 4.50. The Morgan fingerprint density at radius 2 is 1.94 bits per heavy atom. The minimum absolute atomic E-state index is 0.0394. The molecule has 0 aliphatic heterocycles. The van der Waals surface area contributed by atoms with Gasteiger partial charge in [-0.25, -0.2) is 8.42 Å². The molecule has 2 N–H and O–H groups in total. The summed E-state index contributed by atoms with van der Waals surface area (Å²) in [6.45, 7) is 4.34. The third-order valence-corrected chi connectivity index (χ3v) is 4.91. The van der Waals surface area contributed by atoms with Crippen LogP contribution in [0.2, 0.25) is 0 Å². The van der Waals surface area contributed by atoms with Gasteiger partial charge < -0.3 is 5.11 Å². The molecule has 0 saturated carbocycles. The van der Waals surface area contributed by atoms with Crippen LogP contribution in [-0.4, -0.2) is 25.0 Å². The van der Waals surface area contributed by atoms with Gasteiger partial charge >= 0.3 is 5.97 Å². The summed E-state index contributed by atoms with van der Waals surface area (Å²) in [5.74, 6) is -1.24. The molecule has 0 heterocycles. The van der Waals surface area contributed by atoms with Gasteiger partial charge in [-0.05, 0) is 44.5 Å². The van der Waals surface area contributed by atoms with E-state index in [1.165, 1.54) is 26.0 Å². The van der Waals surface area contributed by atoms with Crippen LogP contribution < -0.4 is 4.72 Å². The number of aliphatic carboxylic acids is 1. The number of aryl methyl sites for hydroxylation is 1. The van der Waals surface area contributed by atoms with E-state index in [1.54, 1.807) is 13.0 Å². The first kappa shape index (κ1) is 15.1. The Morgan fingerprint density at radius 3 is 2.39 bits per heavy atom. The van der Waals surface area contributed by atoms with Crippen molar-refractivity contribution in [2.75, 3.05) is 0 Å². The maximum atomic E-state index is 12.0. The van der Waals surface area contributed by atoms with E-state index in [-0.39, 0.29) is 4.90 Å². The maximum Gasteiger partial charge on any atom is 0.324 e. The average molecular weight is 336 g/mol. The van der Waals surface area contributed by atoms with Gasteiger partial charge in [0.05, 0.1) is 4.90 Å². The summed E-state index contributed by atoms with van der Waals surface area (Å²) in [5, 5.41) is 8.92. The number of nitrogens with one attached hydrogen (secondary N) is 1. The van der Waals surface area contributed by atoms with Crippen LogP contribution in [-0.2, 0) is 14.8 Å². The summed E-state index contributed by atoms with van der Waals surface area (Å²) in [6.07, 6.45) is 0. The van der Waals surface area contributed by atoms with E-state index in [1.807, 2.05) is 0 Å². The number of halogens is 1. The number of hydrogen-bond acceptors (Lipinski definition) is 3. The largest absolute Gasteiger partial charge is 0.480 e. The summed E-state index contributed by atoms with van der Waals surface area (Å²) < 4.78 is 27.0. The molecule has 100 valence electrons. The van der Waals surface area contributed by atoms with Crippen molar-refractivity contribution in [3.63, 3.8) is 0 Å². The third kappa shape index (κ3) is 3.30. The number of hydrogen-bond donors (Lipinski definition) is 2. The van der Waals surface area contributed by atoms with E-state index >= 15 is 0 Å². The molecule has 0 bridgehead atoms. The minimum Gasteiger partial charge on any atom is -0.480 e. The van der Waals surface area contributed by atoms with Crippen LogP contribution in [0.15, 0.2) is 27.6 Å². The molecule has 0 aliphatic rings. The highest BCUT2D eigenvalue weighted by Gasteiger charge is 2.33. The topological polar surface area (TPSA) is 83.5 Å². The first-order valence-corrected chi connectivity index (χ1v) is 7.37. The van der Waals surface area contributed by atoms with E-state index in [2.05, 4.69) is 20.7 Å². The van der Waals surface area contributed by atoms with Gasteiger partial charge in [0, 0.05) is 4.47 Å². The highest BCUT2D eigenvalue weighted by molar-refractivity contribution is 9.10. The Labute approximate surface area is 114 Å². The van der Waals surface area contributed by atoms with Gasteiger partial charge in [0.15, 0.2) is 0 Å². The van der Waals surface area contributed by atoms with Crippen LogP contribution in [0.3, 0.4) is 0 Å². The molecule has 0 amide bonds. The molecule has 1 aromatic carbocycles. The van der Waals surface area contributed by atoms with Crippen molar-refractivity contribution >= 4 is 31.9 Å². The van der Waals surface area contributed by atoms with Gasteiger partial charge in [-0.15, -0.1) is 0 Å². The van der Waals surface area contributed by atoms with Gasteiger partial charge in [-0.2, -0.15) is 4.72 Å². The molecule has 0 saturated heterocycles. The minimum atomic E-state index is -3.85. The fraction of sp³-hybridized carbons (Fsp3) is 0.364. The number of benzene rings is 1. The van der Waals surface area contributed by atoms with E-state index in [0.29, 0.717) is 0 Å². The zero-order valence-corrected chi connectivity index (χ0v) is 12.6. The molecule has 1 rings (SSSR count). The summed E-state index contributed by atoms with van der Waals surface area (Å²) in [5.41, 5.74) is -0.800. The molecule has 7 heteroatoms. The number of sulfonamides is 1. The van der Waals surface area contributed by atoms with Crippen molar-refractivity contribution in [1.82, 2.24) is 4.72 Å². The summed E-state index contributed by atoms with van der Waals surface area (Å²) >= 11 is 3.27.